The molecule has 2 rings (SSSR count). The van der Waals surface area contributed by atoms with E-state index >= 15 is 0 Å². The Hall–Kier alpha value is -2.60. The van der Waals surface area contributed by atoms with Crippen LogP contribution in [0.5, 0.6) is 0 Å². The van der Waals surface area contributed by atoms with Gasteiger partial charge in [-0.1, -0.05) is 43.3 Å². The summed E-state index contributed by atoms with van der Waals surface area (Å²) in [6, 6.07) is 15.2. The van der Waals surface area contributed by atoms with Crippen molar-refractivity contribution in [2.45, 2.75) is 19.8 Å². The van der Waals surface area contributed by atoms with Crippen molar-refractivity contribution in [2.75, 3.05) is 17.5 Å². The maximum absolute atomic E-state index is 11.9. The van der Waals surface area contributed by atoms with Crippen molar-refractivity contribution in [3.8, 4) is 0 Å². The predicted molar refractivity (Wildman–Crippen MR) is 106 cm³/mol. The topological polar surface area (TPSA) is 75.3 Å². The summed E-state index contributed by atoms with van der Waals surface area (Å²) in [6.07, 6.45) is 6.10. The van der Waals surface area contributed by atoms with Crippen LogP contribution in [0.25, 0.3) is 6.08 Å². The number of benzene rings is 2. The van der Waals surface area contributed by atoms with Crippen LogP contribution in [-0.2, 0) is 27.7 Å². The van der Waals surface area contributed by atoms with E-state index in [0.29, 0.717) is 18.7 Å². The van der Waals surface area contributed by atoms with Gasteiger partial charge in [0.15, 0.2) is 0 Å². The number of rotatable bonds is 8. The maximum atomic E-state index is 11.9. The Morgan fingerprint density at radius 3 is 2.19 bits per heavy atom. The van der Waals surface area contributed by atoms with Gasteiger partial charge in [0.1, 0.15) is 0 Å². The van der Waals surface area contributed by atoms with Gasteiger partial charge in [-0.2, -0.15) is 0 Å². The summed E-state index contributed by atoms with van der Waals surface area (Å²) >= 11 is 0. The summed E-state index contributed by atoms with van der Waals surface area (Å²) in [5, 5.41) is 2.84. The third kappa shape index (κ3) is 7.11. The van der Waals surface area contributed by atoms with Crippen molar-refractivity contribution in [3.05, 3.63) is 71.3 Å². The van der Waals surface area contributed by atoms with Crippen LogP contribution in [0.15, 0.2) is 54.6 Å². The molecule has 1 amide bonds. The summed E-state index contributed by atoms with van der Waals surface area (Å²) in [5.41, 5.74) is 3.80. The number of carbonyl (C=O) groups excluding carboxylic acids is 1. The first kappa shape index (κ1) is 19.7. The van der Waals surface area contributed by atoms with E-state index in [1.807, 2.05) is 24.3 Å². The van der Waals surface area contributed by atoms with Gasteiger partial charge in [0.2, 0.25) is 15.9 Å². The SMILES string of the molecule is CCc1ccc(C=CC(=O)NCCc2ccc(NS(C)(=O)=O)cc2)cc1. The normalized spacial score (nSPS) is 11.5. The molecule has 2 aromatic carbocycles. The van der Waals surface area contributed by atoms with E-state index in [4.69, 9.17) is 0 Å². The van der Waals surface area contributed by atoms with Gasteiger partial charge in [0, 0.05) is 18.3 Å². The summed E-state index contributed by atoms with van der Waals surface area (Å²) in [4.78, 5) is 11.9. The van der Waals surface area contributed by atoms with Gasteiger partial charge in [0.25, 0.3) is 0 Å². The van der Waals surface area contributed by atoms with Crippen molar-refractivity contribution in [3.63, 3.8) is 0 Å². The van der Waals surface area contributed by atoms with E-state index in [-0.39, 0.29) is 5.91 Å². The maximum Gasteiger partial charge on any atom is 0.244 e. The van der Waals surface area contributed by atoms with Crippen LogP contribution >= 0.6 is 0 Å². The molecule has 0 atom stereocenters. The molecule has 0 aliphatic heterocycles. The molecular weight excluding hydrogens is 348 g/mol. The largest absolute Gasteiger partial charge is 0.352 e. The fraction of sp³-hybridized carbons (Fsp3) is 0.250. The van der Waals surface area contributed by atoms with Gasteiger partial charge in [-0.3, -0.25) is 9.52 Å². The molecule has 6 heteroatoms. The first-order valence-electron chi connectivity index (χ1n) is 8.47. The lowest BCUT2D eigenvalue weighted by atomic mass is 10.1. The Morgan fingerprint density at radius 2 is 1.62 bits per heavy atom. The molecule has 0 unspecified atom stereocenters. The molecule has 0 saturated carbocycles. The highest BCUT2D eigenvalue weighted by molar-refractivity contribution is 7.92. The zero-order valence-corrected chi connectivity index (χ0v) is 15.8. The van der Waals surface area contributed by atoms with E-state index in [1.54, 1.807) is 18.2 Å². The highest BCUT2D eigenvalue weighted by Gasteiger charge is 2.02. The molecule has 0 heterocycles. The van der Waals surface area contributed by atoms with Crippen molar-refractivity contribution < 1.29 is 13.2 Å². The number of carbonyl (C=O) groups is 1. The standard InChI is InChI=1S/C20H24N2O3S/c1-3-16-4-6-17(7-5-16)10-13-20(23)21-15-14-18-8-11-19(12-9-18)22-26(2,24)25/h4-13,22H,3,14-15H2,1-2H3,(H,21,23). The minimum atomic E-state index is -3.27. The molecule has 0 radical (unpaired) electrons. The van der Waals surface area contributed by atoms with Crippen LogP contribution in [0.4, 0.5) is 5.69 Å². The minimum absolute atomic E-state index is 0.139. The third-order valence-corrected chi connectivity index (χ3v) is 4.39. The van der Waals surface area contributed by atoms with E-state index in [2.05, 4.69) is 29.1 Å². The zero-order chi connectivity index (χ0) is 19.0. The van der Waals surface area contributed by atoms with Crippen LogP contribution in [0.3, 0.4) is 0 Å². The molecule has 26 heavy (non-hydrogen) atoms. The van der Waals surface area contributed by atoms with Crippen molar-refractivity contribution in [1.82, 2.24) is 5.32 Å². The number of hydrogen-bond acceptors (Lipinski definition) is 3. The number of amides is 1. The Kier molecular flexibility index (Phi) is 6.97. The van der Waals surface area contributed by atoms with Gasteiger partial charge in [-0.05, 0) is 47.7 Å². The summed E-state index contributed by atoms with van der Waals surface area (Å²) in [7, 11) is -3.27. The smallest absolute Gasteiger partial charge is 0.244 e. The number of sulfonamides is 1. The predicted octanol–water partition coefficient (Wildman–Crippen LogP) is 2.99. The Balaban J connectivity index is 1.77. The molecule has 2 N–H and O–H groups in total. The molecule has 0 spiro atoms. The highest BCUT2D eigenvalue weighted by Crippen LogP contribution is 2.11. The highest BCUT2D eigenvalue weighted by atomic mass is 32.2. The Morgan fingerprint density at radius 1 is 1.00 bits per heavy atom. The second kappa shape index (κ2) is 9.20. The molecule has 0 fully saturated rings. The second-order valence-electron chi connectivity index (χ2n) is 6.04. The van der Waals surface area contributed by atoms with E-state index < -0.39 is 10.0 Å². The van der Waals surface area contributed by atoms with Crippen molar-refractivity contribution in [2.24, 2.45) is 0 Å². The van der Waals surface area contributed by atoms with Gasteiger partial charge < -0.3 is 5.32 Å². The van der Waals surface area contributed by atoms with E-state index in [0.717, 1.165) is 23.8 Å². The number of nitrogens with one attached hydrogen (secondary N) is 2. The van der Waals surface area contributed by atoms with Gasteiger partial charge in [-0.25, -0.2) is 8.42 Å². The van der Waals surface area contributed by atoms with Crippen LogP contribution in [-0.4, -0.2) is 27.1 Å². The summed E-state index contributed by atoms with van der Waals surface area (Å²) in [5.74, 6) is -0.139. The molecule has 0 aliphatic carbocycles. The molecule has 5 nitrogen and oxygen atoms in total. The lowest BCUT2D eigenvalue weighted by Gasteiger charge is -2.06. The second-order valence-corrected chi connectivity index (χ2v) is 7.79. The monoisotopic (exact) mass is 372 g/mol. The van der Waals surface area contributed by atoms with Crippen LogP contribution in [0.1, 0.15) is 23.6 Å². The molecule has 2 aromatic rings. The average Bonchev–Trinajstić information content (AvgIpc) is 2.60. The van der Waals surface area contributed by atoms with Gasteiger partial charge in [-0.15, -0.1) is 0 Å². The number of aryl methyl sites for hydroxylation is 1. The fourth-order valence-corrected chi connectivity index (χ4v) is 2.94. The Labute approximate surface area is 155 Å². The molecule has 0 saturated heterocycles. The zero-order valence-electron chi connectivity index (χ0n) is 15.0. The number of hydrogen-bond donors (Lipinski definition) is 2. The molecule has 0 aromatic heterocycles. The Bertz CT molecular complexity index is 855. The first-order valence-corrected chi connectivity index (χ1v) is 10.4. The van der Waals surface area contributed by atoms with Crippen LogP contribution < -0.4 is 10.0 Å². The fourth-order valence-electron chi connectivity index (χ4n) is 2.38. The van der Waals surface area contributed by atoms with Crippen LogP contribution in [0.2, 0.25) is 0 Å². The lowest BCUT2D eigenvalue weighted by Crippen LogP contribution is -2.23. The van der Waals surface area contributed by atoms with E-state index in [9.17, 15) is 13.2 Å². The van der Waals surface area contributed by atoms with Crippen molar-refractivity contribution in [1.29, 1.82) is 0 Å². The molecule has 138 valence electrons. The minimum Gasteiger partial charge on any atom is -0.352 e. The van der Waals surface area contributed by atoms with E-state index in [1.165, 1.54) is 11.6 Å². The van der Waals surface area contributed by atoms with Crippen molar-refractivity contribution >= 4 is 27.7 Å². The van der Waals surface area contributed by atoms with Crippen LogP contribution in [0, 0.1) is 0 Å². The first-order chi connectivity index (χ1) is 12.4. The van der Waals surface area contributed by atoms with Gasteiger partial charge in [0.05, 0.1) is 6.26 Å². The summed E-state index contributed by atoms with van der Waals surface area (Å²) < 4.78 is 24.7. The molecule has 0 bridgehead atoms. The number of anilines is 1. The third-order valence-electron chi connectivity index (χ3n) is 3.79. The van der Waals surface area contributed by atoms with Gasteiger partial charge >= 0.3 is 0 Å². The lowest BCUT2D eigenvalue weighted by molar-refractivity contribution is -0.116. The molecular formula is C20H24N2O3S. The quantitative estimate of drug-likeness (QED) is 0.700. The molecule has 0 aliphatic rings. The average molecular weight is 372 g/mol. The summed E-state index contributed by atoms with van der Waals surface area (Å²) in [6.45, 7) is 2.62.